The molecule has 0 aliphatic rings. The van der Waals surface area contributed by atoms with Crippen LogP contribution in [0.2, 0.25) is 0 Å². The van der Waals surface area contributed by atoms with Gasteiger partial charge in [0.15, 0.2) is 12.2 Å². The molecule has 0 rings (SSSR count). The van der Waals surface area contributed by atoms with E-state index in [0.717, 1.165) is 114 Å². The van der Waals surface area contributed by atoms with E-state index in [1.165, 1.54) is 244 Å². The zero-order valence-corrected chi connectivity index (χ0v) is 71.2. The maximum absolute atomic E-state index is 13.1. The van der Waals surface area contributed by atoms with Crippen LogP contribution in [0.1, 0.15) is 447 Å². The molecule has 0 bridgehead atoms. The van der Waals surface area contributed by atoms with Crippen LogP contribution >= 0.6 is 15.6 Å². The van der Waals surface area contributed by atoms with Gasteiger partial charge >= 0.3 is 39.5 Å². The predicted octanol–water partition coefficient (Wildman–Crippen LogP) is 25.9. The summed E-state index contributed by atoms with van der Waals surface area (Å²) in [5.41, 5.74) is 0. The number of aliphatic hydroxyl groups is 1. The average molecular weight is 1540 g/mol. The Morgan fingerprint density at radius 1 is 0.238 bits per heavy atom. The van der Waals surface area contributed by atoms with Crippen molar-refractivity contribution in [3.63, 3.8) is 0 Å². The van der Waals surface area contributed by atoms with Gasteiger partial charge < -0.3 is 33.8 Å². The number of aliphatic hydroxyl groups excluding tert-OH is 1. The van der Waals surface area contributed by atoms with E-state index in [-0.39, 0.29) is 25.7 Å². The predicted molar refractivity (Wildman–Crippen MR) is 432 cm³/mol. The molecule has 0 aromatic carbocycles. The Morgan fingerprint density at radius 3 is 0.590 bits per heavy atom. The first-order chi connectivity index (χ1) is 50.6. The molecule has 0 saturated heterocycles. The van der Waals surface area contributed by atoms with Crippen molar-refractivity contribution in [1.29, 1.82) is 0 Å². The highest BCUT2D eigenvalue weighted by Crippen LogP contribution is 2.45. The van der Waals surface area contributed by atoms with Crippen molar-refractivity contribution in [2.24, 2.45) is 23.7 Å². The van der Waals surface area contributed by atoms with Crippen LogP contribution in [0.3, 0.4) is 0 Å². The summed E-state index contributed by atoms with van der Waals surface area (Å²) >= 11 is 0. The van der Waals surface area contributed by atoms with Gasteiger partial charge in [-0.3, -0.25) is 37.3 Å². The van der Waals surface area contributed by atoms with Gasteiger partial charge in [-0.05, 0) is 49.4 Å². The van der Waals surface area contributed by atoms with Crippen LogP contribution in [0.25, 0.3) is 0 Å². The molecule has 0 spiro atoms. The lowest BCUT2D eigenvalue weighted by Crippen LogP contribution is -2.30. The van der Waals surface area contributed by atoms with Gasteiger partial charge in [-0.2, -0.15) is 0 Å². The topological polar surface area (TPSA) is 237 Å². The van der Waals surface area contributed by atoms with Gasteiger partial charge in [-0.25, -0.2) is 9.13 Å². The first kappa shape index (κ1) is 103. The van der Waals surface area contributed by atoms with Gasteiger partial charge in [0.1, 0.15) is 19.3 Å². The molecule has 0 fully saturated rings. The van der Waals surface area contributed by atoms with E-state index < -0.39 is 97.5 Å². The molecule has 3 N–H and O–H groups in total. The number of ether oxygens (including phenoxy) is 4. The van der Waals surface area contributed by atoms with Crippen molar-refractivity contribution in [1.82, 2.24) is 0 Å². The van der Waals surface area contributed by atoms with E-state index >= 15 is 0 Å². The van der Waals surface area contributed by atoms with E-state index in [1.54, 1.807) is 0 Å². The minimum absolute atomic E-state index is 0.107. The molecule has 0 amide bonds. The number of phosphoric acid groups is 2. The monoisotopic (exact) mass is 1540 g/mol. The fraction of sp³-hybridized carbons (Fsp3) is 0.953. The normalized spacial score (nSPS) is 13.9. The largest absolute Gasteiger partial charge is 0.472 e. The molecule has 19 heteroatoms. The molecule has 624 valence electrons. The summed E-state index contributed by atoms with van der Waals surface area (Å²) in [5, 5.41) is 10.7. The lowest BCUT2D eigenvalue weighted by Gasteiger charge is -2.21. The molecule has 3 unspecified atom stereocenters. The minimum atomic E-state index is -4.97. The van der Waals surface area contributed by atoms with Gasteiger partial charge in [-0.15, -0.1) is 0 Å². The Balaban J connectivity index is 5.20. The highest BCUT2D eigenvalue weighted by Gasteiger charge is 2.30. The quantitative estimate of drug-likeness (QED) is 0.0222. The summed E-state index contributed by atoms with van der Waals surface area (Å²) in [6, 6.07) is 0. The van der Waals surface area contributed by atoms with Crippen molar-refractivity contribution < 1.29 is 80.2 Å². The molecule has 0 aliphatic carbocycles. The van der Waals surface area contributed by atoms with Crippen LogP contribution in [0.4, 0.5) is 0 Å². The molecule has 0 radical (unpaired) electrons. The summed E-state index contributed by atoms with van der Waals surface area (Å²) in [6.45, 7) is 14.3. The van der Waals surface area contributed by atoms with Gasteiger partial charge in [-0.1, -0.05) is 396 Å². The third-order valence-electron chi connectivity index (χ3n) is 20.1. The van der Waals surface area contributed by atoms with E-state index in [1.807, 2.05) is 0 Å². The molecular weight excluding hydrogens is 1370 g/mol. The lowest BCUT2D eigenvalue weighted by molar-refractivity contribution is -0.161. The van der Waals surface area contributed by atoms with Crippen molar-refractivity contribution in [3.8, 4) is 0 Å². The second-order valence-electron chi connectivity index (χ2n) is 32.8. The molecule has 0 saturated carbocycles. The third kappa shape index (κ3) is 79.9. The maximum atomic E-state index is 13.1. The van der Waals surface area contributed by atoms with Crippen molar-refractivity contribution >= 4 is 39.5 Å². The SMILES string of the molecule is CC(C)CCCCCCCCCCCCCCCCCCCCC(=O)O[C@H](COC(=O)CCCCCCCCCCCCCCCC(C)C)COP(=O)(O)OCC(O)COP(=O)(O)OC[C@@H](COC(=O)CCCCCCCCC(C)C)OC(=O)CCCCCCCCCCCCCCCCCCC(C)C. The number of unbranched alkanes of at least 4 members (excludes halogenated alkanes) is 49. The summed E-state index contributed by atoms with van der Waals surface area (Å²) < 4.78 is 68.8. The number of carbonyl (C=O) groups excluding carboxylic acids is 4. The van der Waals surface area contributed by atoms with Gasteiger partial charge in [0, 0.05) is 25.7 Å². The van der Waals surface area contributed by atoms with Crippen molar-refractivity contribution in [3.05, 3.63) is 0 Å². The molecule has 0 aromatic rings. The van der Waals surface area contributed by atoms with E-state index in [4.69, 9.17) is 37.0 Å². The molecular formula is C86H168O17P2. The second-order valence-corrected chi connectivity index (χ2v) is 35.7. The number of hydrogen-bond acceptors (Lipinski definition) is 15. The Morgan fingerprint density at radius 2 is 0.400 bits per heavy atom. The Bertz CT molecular complexity index is 2040. The number of rotatable bonds is 83. The highest BCUT2D eigenvalue weighted by atomic mass is 31.2. The molecule has 5 atom stereocenters. The molecule has 17 nitrogen and oxygen atoms in total. The first-order valence-corrected chi connectivity index (χ1v) is 47.2. The fourth-order valence-electron chi connectivity index (χ4n) is 13.3. The summed E-state index contributed by atoms with van der Waals surface area (Å²) in [6.07, 6.45) is 64.1. The van der Waals surface area contributed by atoms with Gasteiger partial charge in [0.2, 0.25) is 0 Å². The van der Waals surface area contributed by atoms with Crippen molar-refractivity contribution in [2.45, 2.75) is 465 Å². The number of carbonyl (C=O) groups is 4. The standard InChI is InChI=1S/C86H168O17P2/c1-76(2)62-54-46-38-32-26-20-15-11-9-10-12-17-23-30-36-42-52-60-68-85(90)102-81(72-96-83(88)66-58-50-41-35-29-25-19-22-28-34-40-48-56-64-78(5)6)74-100-104(92,93)98-70-80(87)71-99-105(94,95)101-75-82(73-97-84(89)67-59-51-45-44-49-57-65-79(7)8)103-86(91)69-61-53-43-37-31-24-18-14-13-16-21-27-33-39-47-55-63-77(3)4/h76-82,87H,9-75H2,1-8H3,(H,92,93)(H,94,95)/t80?,81-,82-/m1/s1. The zero-order valence-electron chi connectivity index (χ0n) is 69.4. The Hall–Kier alpha value is -1.94. The molecule has 0 heterocycles. The van der Waals surface area contributed by atoms with Crippen LogP contribution in [-0.2, 0) is 65.4 Å². The maximum Gasteiger partial charge on any atom is 0.472 e. The van der Waals surface area contributed by atoms with Crippen LogP contribution in [0.5, 0.6) is 0 Å². The van der Waals surface area contributed by atoms with Crippen LogP contribution < -0.4 is 0 Å². The fourth-order valence-corrected chi connectivity index (χ4v) is 14.9. The van der Waals surface area contributed by atoms with Gasteiger partial charge in [0.05, 0.1) is 26.4 Å². The van der Waals surface area contributed by atoms with E-state index in [9.17, 15) is 43.2 Å². The lowest BCUT2D eigenvalue weighted by atomic mass is 10.0. The summed E-state index contributed by atoms with van der Waals surface area (Å²) in [5.74, 6) is 0.990. The summed E-state index contributed by atoms with van der Waals surface area (Å²) in [7, 11) is -9.93. The number of hydrogen-bond donors (Lipinski definition) is 3. The first-order valence-electron chi connectivity index (χ1n) is 44.2. The Kier molecular flexibility index (Phi) is 73.4. The van der Waals surface area contributed by atoms with Crippen LogP contribution in [-0.4, -0.2) is 96.7 Å². The van der Waals surface area contributed by atoms with E-state index in [0.29, 0.717) is 31.6 Å². The smallest absolute Gasteiger partial charge is 0.462 e. The zero-order chi connectivity index (χ0) is 77.4. The highest BCUT2D eigenvalue weighted by molar-refractivity contribution is 7.47. The Labute approximate surface area is 645 Å². The van der Waals surface area contributed by atoms with Gasteiger partial charge in [0.25, 0.3) is 0 Å². The third-order valence-corrected chi connectivity index (χ3v) is 22.0. The molecule has 105 heavy (non-hydrogen) atoms. The van der Waals surface area contributed by atoms with E-state index in [2.05, 4.69) is 55.4 Å². The molecule has 0 aromatic heterocycles. The molecule has 0 aliphatic heterocycles. The average Bonchev–Trinajstić information content (AvgIpc) is 0.915. The summed E-state index contributed by atoms with van der Waals surface area (Å²) in [4.78, 5) is 73.2. The van der Waals surface area contributed by atoms with Crippen LogP contribution in [0, 0.1) is 23.7 Å². The minimum Gasteiger partial charge on any atom is -0.462 e. The van der Waals surface area contributed by atoms with Crippen molar-refractivity contribution in [2.75, 3.05) is 39.6 Å². The number of phosphoric ester groups is 2. The van der Waals surface area contributed by atoms with Crippen LogP contribution in [0.15, 0.2) is 0 Å². The number of esters is 4. The second kappa shape index (κ2) is 74.8.